The monoisotopic (exact) mass is 328 g/mol. The van der Waals surface area contributed by atoms with Gasteiger partial charge in [-0.15, -0.1) is 0 Å². The van der Waals surface area contributed by atoms with E-state index in [4.69, 9.17) is 4.74 Å². The Morgan fingerprint density at radius 1 is 1.33 bits per heavy atom. The van der Waals surface area contributed by atoms with Gasteiger partial charge in [-0.2, -0.15) is 0 Å². The summed E-state index contributed by atoms with van der Waals surface area (Å²) in [6, 6.07) is 5.15. The van der Waals surface area contributed by atoms with Gasteiger partial charge in [0.25, 0.3) is 5.56 Å². The van der Waals surface area contributed by atoms with Gasteiger partial charge in [-0.05, 0) is 30.9 Å². The van der Waals surface area contributed by atoms with Crippen LogP contribution in [0.1, 0.15) is 56.2 Å². The molecule has 1 aliphatic rings. The highest BCUT2D eigenvalue weighted by Gasteiger charge is 2.15. The zero-order valence-corrected chi connectivity index (χ0v) is 14.2. The third-order valence-electron chi connectivity index (χ3n) is 4.80. The van der Waals surface area contributed by atoms with Crippen LogP contribution in [0.3, 0.4) is 0 Å². The Kier molecular flexibility index (Phi) is 5.28. The van der Waals surface area contributed by atoms with Gasteiger partial charge in [-0.3, -0.25) is 14.0 Å². The molecule has 0 aromatic carbocycles. The number of fused-ring (bicyclic) bond motifs is 1. The molecule has 0 saturated heterocycles. The van der Waals surface area contributed by atoms with E-state index in [-0.39, 0.29) is 18.1 Å². The number of hydrogen-bond donors (Lipinski definition) is 0. The van der Waals surface area contributed by atoms with Gasteiger partial charge >= 0.3 is 5.97 Å². The maximum atomic E-state index is 12.1. The van der Waals surface area contributed by atoms with E-state index in [9.17, 15) is 9.59 Å². The first-order chi connectivity index (χ1) is 11.6. The summed E-state index contributed by atoms with van der Waals surface area (Å²) in [6.07, 6.45) is 9.41. The van der Waals surface area contributed by atoms with E-state index in [0.717, 1.165) is 12.0 Å². The van der Waals surface area contributed by atoms with Gasteiger partial charge in [0, 0.05) is 18.7 Å². The van der Waals surface area contributed by atoms with Crippen molar-refractivity contribution in [3.63, 3.8) is 0 Å². The first kappa shape index (κ1) is 16.7. The zero-order valence-electron chi connectivity index (χ0n) is 14.2. The molecule has 0 radical (unpaired) electrons. The maximum Gasteiger partial charge on any atom is 0.306 e. The summed E-state index contributed by atoms with van der Waals surface area (Å²) >= 11 is 0. The molecule has 3 rings (SSSR count). The summed E-state index contributed by atoms with van der Waals surface area (Å²) < 4.78 is 6.82. The number of carbonyl (C=O) groups excluding carboxylic acids is 1. The van der Waals surface area contributed by atoms with Crippen LogP contribution in [0.2, 0.25) is 0 Å². The van der Waals surface area contributed by atoms with Crippen LogP contribution < -0.4 is 5.56 Å². The molecule has 0 unspecified atom stereocenters. The van der Waals surface area contributed by atoms with E-state index in [1.165, 1.54) is 42.6 Å². The number of nitrogens with zero attached hydrogens (tertiary/aromatic N) is 2. The van der Waals surface area contributed by atoms with Crippen molar-refractivity contribution in [1.29, 1.82) is 0 Å². The normalized spacial score (nSPS) is 15.5. The van der Waals surface area contributed by atoms with Gasteiger partial charge in [0.15, 0.2) is 0 Å². The standard InChI is InChI=1S/C19H24N2O3/c1-14-6-5-11-21-17(22)12-16(20-19(14)21)13-24-18(23)10-9-15-7-3-2-4-8-15/h5-6,11-12,15H,2-4,7-10,13H2,1H3. The van der Waals surface area contributed by atoms with Crippen molar-refractivity contribution in [3.8, 4) is 0 Å². The Labute approximate surface area is 141 Å². The fourth-order valence-corrected chi connectivity index (χ4v) is 3.41. The van der Waals surface area contributed by atoms with Crippen LogP contribution in [0.5, 0.6) is 0 Å². The van der Waals surface area contributed by atoms with Crippen LogP contribution in [-0.2, 0) is 16.1 Å². The van der Waals surface area contributed by atoms with Gasteiger partial charge in [-0.1, -0.05) is 38.2 Å². The molecule has 128 valence electrons. The Bertz CT molecular complexity index is 776. The first-order valence-corrected chi connectivity index (χ1v) is 8.77. The van der Waals surface area contributed by atoms with Crippen molar-refractivity contribution in [2.75, 3.05) is 0 Å². The minimum Gasteiger partial charge on any atom is -0.459 e. The molecule has 2 aromatic heterocycles. The van der Waals surface area contributed by atoms with E-state index in [1.807, 2.05) is 19.1 Å². The van der Waals surface area contributed by atoms with Gasteiger partial charge in [0.2, 0.25) is 0 Å². The molecule has 2 heterocycles. The summed E-state index contributed by atoms with van der Waals surface area (Å²) in [5.41, 5.74) is 1.87. The predicted molar refractivity (Wildman–Crippen MR) is 91.8 cm³/mol. The van der Waals surface area contributed by atoms with Gasteiger partial charge < -0.3 is 4.74 Å². The van der Waals surface area contributed by atoms with Gasteiger partial charge in [-0.25, -0.2) is 4.98 Å². The van der Waals surface area contributed by atoms with Crippen LogP contribution in [-0.4, -0.2) is 15.4 Å². The SMILES string of the molecule is Cc1cccn2c(=O)cc(COC(=O)CCC3CCCCC3)nc12. The molecule has 0 amide bonds. The highest BCUT2D eigenvalue weighted by molar-refractivity contribution is 5.69. The largest absolute Gasteiger partial charge is 0.459 e. The molecular weight excluding hydrogens is 304 g/mol. The summed E-state index contributed by atoms with van der Waals surface area (Å²) in [4.78, 5) is 28.5. The molecule has 2 aromatic rings. The smallest absolute Gasteiger partial charge is 0.306 e. The van der Waals surface area contributed by atoms with E-state index < -0.39 is 0 Å². The maximum absolute atomic E-state index is 12.1. The lowest BCUT2D eigenvalue weighted by Crippen LogP contribution is -2.17. The Morgan fingerprint density at radius 3 is 2.92 bits per heavy atom. The molecule has 1 saturated carbocycles. The first-order valence-electron chi connectivity index (χ1n) is 8.77. The lowest BCUT2D eigenvalue weighted by atomic mass is 9.86. The minimum absolute atomic E-state index is 0.0591. The van der Waals surface area contributed by atoms with E-state index in [2.05, 4.69) is 4.98 Å². The zero-order chi connectivity index (χ0) is 16.9. The number of hydrogen-bond acceptors (Lipinski definition) is 4. The van der Waals surface area contributed by atoms with Crippen LogP contribution >= 0.6 is 0 Å². The highest BCUT2D eigenvalue weighted by Crippen LogP contribution is 2.27. The van der Waals surface area contributed by atoms with Crippen LogP contribution in [0.25, 0.3) is 5.65 Å². The molecule has 0 N–H and O–H groups in total. The summed E-state index contributed by atoms with van der Waals surface area (Å²) in [7, 11) is 0. The molecule has 0 spiro atoms. The highest BCUT2D eigenvalue weighted by atomic mass is 16.5. The number of carbonyl (C=O) groups is 1. The molecule has 1 fully saturated rings. The van der Waals surface area contributed by atoms with Crippen molar-refractivity contribution in [2.24, 2.45) is 5.92 Å². The van der Waals surface area contributed by atoms with Crippen molar-refractivity contribution >= 4 is 11.6 Å². The van der Waals surface area contributed by atoms with E-state index in [1.54, 1.807) is 6.20 Å². The number of aromatic nitrogens is 2. The van der Waals surface area contributed by atoms with Gasteiger partial charge in [0.05, 0.1) is 5.69 Å². The summed E-state index contributed by atoms with van der Waals surface area (Å²) in [5, 5.41) is 0. The minimum atomic E-state index is -0.202. The van der Waals surface area contributed by atoms with Gasteiger partial charge in [0.1, 0.15) is 12.3 Å². The predicted octanol–water partition coefficient (Wildman–Crippen LogP) is 3.41. The van der Waals surface area contributed by atoms with Crippen LogP contribution in [0.4, 0.5) is 0 Å². The fourth-order valence-electron chi connectivity index (χ4n) is 3.41. The number of aryl methyl sites for hydroxylation is 1. The molecule has 0 atom stereocenters. The average Bonchev–Trinajstić information content (AvgIpc) is 2.60. The third kappa shape index (κ3) is 4.02. The quantitative estimate of drug-likeness (QED) is 0.789. The fraction of sp³-hybridized carbons (Fsp3) is 0.526. The number of rotatable bonds is 5. The number of esters is 1. The molecule has 24 heavy (non-hydrogen) atoms. The lowest BCUT2D eigenvalue weighted by Gasteiger charge is -2.20. The molecule has 0 bridgehead atoms. The second-order valence-electron chi connectivity index (χ2n) is 6.67. The Morgan fingerprint density at radius 2 is 2.12 bits per heavy atom. The molecule has 1 aliphatic carbocycles. The second-order valence-corrected chi connectivity index (χ2v) is 6.67. The number of ether oxygens (including phenoxy) is 1. The van der Waals surface area contributed by atoms with Crippen molar-refractivity contribution in [1.82, 2.24) is 9.38 Å². The second kappa shape index (κ2) is 7.60. The van der Waals surface area contributed by atoms with Crippen molar-refractivity contribution < 1.29 is 9.53 Å². The van der Waals surface area contributed by atoms with Crippen LogP contribution in [0.15, 0.2) is 29.2 Å². The summed E-state index contributed by atoms with van der Waals surface area (Å²) in [6.45, 7) is 1.96. The van der Waals surface area contributed by atoms with Crippen molar-refractivity contribution in [3.05, 3.63) is 46.0 Å². The molecular formula is C19H24N2O3. The molecule has 0 aliphatic heterocycles. The topological polar surface area (TPSA) is 60.7 Å². The van der Waals surface area contributed by atoms with Crippen LogP contribution in [0, 0.1) is 12.8 Å². The van der Waals surface area contributed by atoms with E-state index in [0.29, 0.717) is 23.7 Å². The third-order valence-corrected chi connectivity index (χ3v) is 4.80. The Hall–Kier alpha value is -2.17. The average molecular weight is 328 g/mol. The van der Waals surface area contributed by atoms with E-state index >= 15 is 0 Å². The molecule has 5 nitrogen and oxygen atoms in total. The summed E-state index contributed by atoms with van der Waals surface area (Å²) in [5.74, 6) is 0.463. The lowest BCUT2D eigenvalue weighted by molar-refractivity contribution is -0.145. The van der Waals surface area contributed by atoms with Crippen molar-refractivity contribution in [2.45, 2.75) is 58.5 Å². The molecule has 5 heteroatoms. The Balaban J connectivity index is 1.58. The number of pyridine rings is 1.